The molecule has 2 aromatic rings. The van der Waals surface area contributed by atoms with Crippen LogP contribution in [0.4, 0.5) is 11.8 Å². The standard InChI is InChI=1S/C13H17N5O/c1-3-4-14-11-8-10(7-9(2)17-11)12(19)18-13-15-5-6-16-13/h5-8H,3-4H2,1-2H3,(H,14,17)(H2,15,16,18,19). The molecule has 0 radical (unpaired) electrons. The number of H-pyrrole nitrogens is 1. The van der Waals surface area contributed by atoms with Gasteiger partial charge in [-0.15, -0.1) is 0 Å². The number of hydrogen-bond acceptors (Lipinski definition) is 4. The molecule has 6 nitrogen and oxygen atoms in total. The molecule has 0 aromatic carbocycles. The molecule has 0 atom stereocenters. The molecule has 0 saturated heterocycles. The molecular formula is C13H17N5O. The molecule has 0 unspecified atom stereocenters. The van der Waals surface area contributed by atoms with Crippen LogP contribution >= 0.6 is 0 Å². The fourth-order valence-corrected chi connectivity index (χ4v) is 1.66. The monoisotopic (exact) mass is 259 g/mol. The molecule has 0 aliphatic heterocycles. The van der Waals surface area contributed by atoms with Crippen LogP contribution in [0.1, 0.15) is 29.4 Å². The molecule has 0 saturated carbocycles. The number of carbonyl (C=O) groups is 1. The Labute approximate surface area is 111 Å². The van der Waals surface area contributed by atoms with E-state index >= 15 is 0 Å². The van der Waals surface area contributed by atoms with Crippen molar-refractivity contribution in [3.05, 3.63) is 35.8 Å². The Bertz CT molecular complexity index is 550. The number of pyridine rings is 1. The first-order valence-electron chi connectivity index (χ1n) is 6.22. The maximum Gasteiger partial charge on any atom is 0.258 e. The smallest absolute Gasteiger partial charge is 0.258 e. The maximum absolute atomic E-state index is 12.1. The van der Waals surface area contributed by atoms with Gasteiger partial charge in [-0.3, -0.25) is 10.1 Å². The minimum absolute atomic E-state index is 0.208. The number of amides is 1. The first-order valence-corrected chi connectivity index (χ1v) is 6.22. The van der Waals surface area contributed by atoms with E-state index in [9.17, 15) is 4.79 Å². The molecule has 2 heterocycles. The van der Waals surface area contributed by atoms with E-state index in [1.165, 1.54) is 0 Å². The van der Waals surface area contributed by atoms with E-state index in [1.54, 1.807) is 24.5 Å². The quantitative estimate of drug-likeness (QED) is 0.768. The molecule has 100 valence electrons. The molecule has 2 rings (SSSR count). The van der Waals surface area contributed by atoms with Gasteiger partial charge in [-0.1, -0.05) is 6.92 Å². The van der Waals surface area contributed by atoms with Gasteiger partial charge in [-0.2, -0.15) is 0 Å². The number of aromatic amines is 1. The van der Waals surface area contributed by atoms with Crippen LogP contribution in [0, 0.1) is 6.92 Å². The summed E-state index contributed by atoms with van der Waals surface area (Å²) in [5, 5.41) is 5.86. The fourth-order valence-electron chi connectivity index (χ4n) is 1.66. The molecule has 19 heavy (non-hydrogen) atoms. The van der Waals surface area contributed by atoms with Crippen molar-refractivity contribution in [1.82, 2.24) is 15.0 Å². The van der Waals surface area contributed by atoms with Crippen LogP contribution in [-0.4, -0.2) is 27.4 Å². The van der Waals surface area contributed by atoms with Crippen molar-refractivity contribution < 1.29 is 4.79 Å². The van der Waals surface area contributed by atoms with Crippen LogP contribution in [0.25, 0.3) is 0 Å². The number of imidazole rings is 1. The molecule has 0 aliphatic carbocycles. The number of aryl methyl sites for hydroxylation is 1. The minimum atomic E-state index is -0.208. The Hall–Kier alpha value is -2.37. The van der Waals surface area contributed by atoms with Gasteiger partial charge in [0.25, 0.3) is 5.91 Å². The van der Waals surface area contributed by atoms with Crippen molar-refractivity contribution in [2.24, 2.45) is 0 Å². The SMILES string of the molecule is CCCNc1cc(C(=O)Nc2ncc[nH]2)cc(C)n1. The summed E-state index contributed by atoms with van der Waals surface area (Å²) < 4.78 is 0. The molecule has 0 bridgehead atoms. The maximum atomic E-state index is 12.1. The molecular weight excluding hydrogens is 242 g/mol. The molecule has 1 amide bonds. The zero-order valence-corrected chi connectivity index (χ0v) is 11.0. The Kier molecular flexibility index (Phi) is 4.12. The Morgan fingerprint density at radius 1 is 1.42 bits per heavy atom. The summed E-state index contributed by atoms with van der Waals surface area (Å²) >= 11 is 0. The first kappa shape index (κ1) is 13.1. The number of aromatic nitrogens is 3. The third kappa shape index (κ3) is 3.54. The van der Waals surface area contributed by atoms with Gasteiger partial charge in [0.1, 0.15) is 5.82 Å². The van der Waals surface area contributed by atoms with Gasteiger partial charge in [0.15, 0.2) is 0 Å². The molecule has 3 N–H and O–H groups in total. The van der Waals surface area contributed by atoms with Crippen molar-refractivity contribution in [1.29, 1.82) is 0 Å². The van der Waals surface area contributed by atoms with E-state index in [0.717, 1.165) is 18.7 Å². The van der Waals surface area contributed by atoms with Crippen LogP contribution in [0.15, 0.2) is 24.5 Å². The summed E-state index contributed by atoms with van der Waals surface area (Å²) in [5.41, 5.74) is 1.35. The van der Waals surface area contributed by atoms with E-state index in [2.05, 4.69) is 32.5 Å². The van der Waals surface area contributed by atoms with Crippen LogP contribution in [-0.2, 0) is 0 Å². The average molecular weight is 259 g/mol. The second kappa shape index (κ2) is 5.99. The van der Waals surface area contributed by atoms with Gasteiger partial charge in [0.05, 0.1) is 0 Å². The Morgan fingerprint density at radius 3 is 2.95 bits per heavy atom. The Balaban J connectivity index is 2.14. The highest BCUT2D eigenvalue weighted by molar-refractivity contribution is 6.03. The van der Waals surface area contributed by atoms with Crippen LogP contribution in [0.2, 0.25) is 0 Å². The zero-order chi connectivity index (χ0) is 13.7. The lowest BCUT2D eigenvalue weighted by molar-refractivity contribution is 0.102. The van der Waals surface area contributed by atoms with Crippen LogP contribution < -0.4 is 10.6 Å². The summed E-state index contributed by atoms with van der Waals surface area (Å²) in [5.74, 6) is 0.939. The summed E-state index contributed by atoms with van der Waals surface area (Å²) in [4.78, 5) is 23.2. The third-order valence-electron chi connectivity index (χ3n) is 2.50. The predicted molar refractivity (Wildman–Crippen MR) is 74.3 cm³/mol. The van der Waals surface area contributed by atoms with Gasteiger partial charge >= 0.3 is 0 Å². The molecule has 2 aromatic heterocycles. The van der Waals surface area contributed by atoms with Gasteiger partial charge in [-0.05, 0) is 25.5 Å². The zero-order valence-electron chi connectivity index (χ0n) is 11.0. The van der Waals surface area contributed by atoms with Gasteiger partial charge in [-0.25, -0.2) is 9.97 Å². The lowest BCUT2D eigenvalue weighted by atomic mass is 10.2. The number of hydrogen-bond donors (Lipinski definition) is 3. The highest BCUT2D eigenvalue weighted by Gasteiger charge is 2.09. The number of anilines is 2. The van der Waals surface area contributed by atoms with E-state index in [1.807, 2.05) is 6.92 Å². The lowest BCUT2D eigenvalue weighted by Crippen LogP contribution is -2.14. The van der Waals surface area contributed by atoms with E-state index in [4.69, 9.17) is 0 Å². The number of carbonyl (C=O) groups excluding carboxylic acids is 1. The second-order valence-electron chi connectivity index (χ2n) is 4.20. The largest absolute Gasteiger partial charge is 0.370 e. The number of nitrogens with one attached hydrogen (secondary N) is 3. The van der Waals surface area contributed by atoms with Gasteiger partial charge < -0.3 is 10.3 Å². The van der Waals surface area contributed by atoms with Crippen molar-refractivity contribution in [3.63, 3.8) is 0 Å². The molecule has 0 aliphatic rings. The van der Waals surface area contributed by atoms with Crippen molar-refractivity contribution >= 4 is 17.7 Å². The summed E-state index contributed by atoms with van der Waals surface area (Å²) in [7, 11) is 0. The van der Waals surface area contributed by atoms with Crippen LogP contribution in [0.5, 0.6) is 0 Å². The summed E-state index contributed by atoms with van der Waals surface area (Å²) in [6.45, 7) is 4.77. The predicted octanol–water partition coefficient (Wildman–Crippen LogP) is 2.19. The van der Waals surface area contributed by atoms with E-state index < -0.39 is 0 Å². The van der Waals surface area contributed by atoms with Crippen LogP contribution in [0.3, 0.4) is 0 Å². The molecule has 0 spiro atoms. The first-order chi connectivity index (χ1) is 9.19. The minimum Gasteiger partial charge on any atom is -0.370 e. The highest BCUT2D eigenvalue weighted by atomic mass is 16.1. The van der Waals surface area contributed by atoms with Gasteiger partial charge in [0.2, 0.25) is 5.95 Å². The summed E-state index contributed by atoms with van der Waals surface area (Å²) in [6, 6.07) is 3.48. The van der Waals surface area contributed by atoms with Crippen molar-refractivity contribution in [3.8, 4) is 0 Å². The van der Waals surface area contributed by atoms with Crippen molar-refractivity contribution in [2.45, 2.75) is 20.3 Å². The summed E-state index contributed by atoms with van der Waals surface area (Å²) in [6.07, 6.45) is 4.24. The van der Waals surface area contributed by atoms with E-state index in [-0.39, 0.29) is 5.91 Å². The van der Waals surface area contributed by atoms with E-state index in [0.29, 0.717) is 17.3 Å². The molecule has 0 fully saturated rings. The van der Waals surface area contributed by atoms with Gasteiger partial charge in [0, 0.05) is 30.2 Å². The highest BCUT2D eigenvalue weighted by Crippen LogP contribution is 2.11. The fraction of sp³-hybridized carbons (Fsp3) is 0.308. The Morgan fingerprint density at radius 2 is 2.26 bits per heavy atom. The third-order valence-corrected chi connectivity index (χ3v) is 2.50. The second-order valence-corrected chi connectivity index (χ2v) is 4.20. The number of nitrogens with zero attached hydrogens (tertiary/aromatic N) is 2. The molecule has 6 heteroatoms. The number of rotatable bonds is 5. The normalized spacial score (nSPS) is 10.2. The lowest BCUT2D eigenvalue weighted by Gasteiger charge is -2.08. The average Bonchev–Trinajstić information content (AvgIpc) is 2.88. The topological polar surface area (TPSA) is 82.7 Å². The van der Waals surface area contributed by atoms with Crippen molar-refractivity contribution in [2.75, 3.05) is 17.2 Å².